The highest BCUT2D eigenvalue weighted by Gasteiger charge is 2.49. The first kappa shape index (κ1) is 24.8. The number of carbonyl (C=O) groups excluding carboxylic acids is 1. The number of hydrogen-bond donors (Lipinski definition) is 1. The fourth-order valence-electron chi connectivity index (χ4n) is 5.90. The van der Waals surface area contributed by atoms with Crippen molar-refractivity contribution in [2.24, 2.45) is 11.3 Å². The van der Waals surface area contributed by atoms with Crippen LogP contribution >= 0.6 is 0 Å². The molecule has 3 saturated heterocycles. The van der Waals surface area contributed by atoms with Crippen molar-refractivity contribution in [2.75, 3.05) is 57.3 Å². The predicted octanol–water partition coefficient (Wildman–Crippen LogP) is 3.49. The Kier molecular flexibility index (Phi) is 7.39. The van der Waals surface area contributed by atoms with Crippen LogP contribution in [0.1, 0.15) is 49.7 Å². The third kappa shape index (κ3) is 5.18. The lowest BCUT2D eigenvalue weighted by molar-refractivity contribution is -0.137. The molecule has 0 aromatic heterocycles. The lowest BCUT2D eigenvalue weighted by atomic mass is 9.71. The number of rotatable bonds is 4. The molecule has 1 amide bonds. The van der Waals surface area contributed by atoms with Crippen LogP contribution in [0.3, 0.4) is 0 Å². The average Bonchev–Trinajstić information content (AvgIpc) is 2.98. The number of halogens is 3. The second-order valence-corrected chi connectivity index (χ2v) is 10.0. The van der Waals surface area contributed by atoms with Crippen LogP contribution in [0, 0.1) is 22.7 Å². The summed E-state index contributed by atoms with van der Waals surface area (Å²) in [5.41, 5.74) is -1.04. The van der Waals surface area contributed by atoms with Gasteiger partial charge in [-0.1, -0.05) is 12.8 Å². The fourth-order valence-corrected chi connectivity index (χ4v) is 5.90. The summed E-state index contributed by atoms with van der Waals surface area (Å²) in [4.78, 5) is 19.1. The minimum Gasteiger partial charge on any atom is -0.396 e. The molecule has 0 radical (unpaired) electrons. The van der Waals surface area contributed by atoms with Crippen molar-refractivity contribution in [1.29, 1.82) is 5.26 Å². The number of aliphatic hydroxyl groups excluding tert-OH is 1. The number of nitriles is 1. The maximum atomic E-state index is 13.4. The molecule has 6 nitrogen and oxygen atoms in total. The van der Waals surface area contributed by atoms with Gasteiger partial charge in [0.25, 0.3) is 0 Å². The van der Waals surface area contributed by atoms with Crippen LogP contribution in [0.5, 0.6) is 0 Å². The molecular formula is C25H33F3N4O2. The summed E-state index contributed by atoms with van der Waals surface area (Å²) in [6.45, 7) is 4.56. The zero-order valence-electron chi connectivity index (χ0n) is 19.5. The second-order valence-electron chi connectivity index (χ2n) is 10.0. The minimum atomic E-state index is -4.58. The number of anilines is 1. The smallest absolute Gasteiger partial charge is 0.396 e. The highest BCUT2D eigenvalue weighted by molar-refractivity contribution is 5.78. The van der Waals surface area contributed by atoms with Gasteiger partial charge < -0.3 is 14.9 Å². The average molecular weight is 479 g/mol. The quantitative estimate of drug-likeness (QED) is 0.718. The van der Waals surface area contributed by atoms with Gasteiger partial charge >= 0.3 is 6.18 Å². The number of alkyl halides is 3. The highest BCUT2D eigenvalue weighted by Crippen LogP contribution is 2.45. The molecule has 4 rings (SSSR count). The van der Waals surface area contributed by atoms with Crippen molar-refractivity contribution in [1.82, 2.24) is 9.80 Å². The molecule has 3 aliphatic heterocycles. The Balaban J connectivity index is 1.41. The Morgan fingerprint density at radius 1 is 1.12 bits per heavy atom. The van der Waals surface area contributed by atoms with E-state index in [0.29, 0.717) is 51.3 Å². The van der Waals surface area contributed by atoms with E-state index in [1.54, 1.807) is 12.1 Å². The molecule has 34 heavy (non-hydrogen) atoms. The molecule has 1 unspecified atom stereocenters. The summed E-state index contributed by atoms with van der Waals surface area (Å²) in [6.07, 6.45) is 1.49. The van der Waals surface area contributed by atoms with Crippen molar-refractivity contribution in [3.8, 4) is 6.07 Å². The third-order valence-corrected chi connectivity index (χ3v) is 8.00. The van der Waals surface area contributed by atoms with E-state index in [2.05, 4.69) is 4.90 Å². The molecule has 1 aromatic carbocycles. The second kappa shape index (κ2) is 10.1. The monoisotopic (exact) mass is 478 g/mol. The Bertz CT molecular complexity index is 914. The van der Waals surface area contributed by atoms with Gasteiger partial charge in [-0.2, -0.15) is 18.4 Å². The summed E-state index contributed by atoms with van der Waals surface area (Å²) in [5, 5.41) is 19.1. The fraction of sp³-hybridized carbons (Fsp3) is 0.680. The SMILES string of the molecule is N#Cc1ccc(N2CCC3(CC2)CN(C(=O)CN2CCCCCC2)CC3CO)cc1C(F)(F)F. The number of amides is 1. The van der Waals surface area contributed by atoms with E-state index in [1.807, 2.05) is 9.80 Å². The Labute approximate surface area is 198 Å². The first-order chi connectivity index (χ1) is 16.3. The van der Waals surface area contributed by atoms with Crippen molar-refractivity contribution < 1.29 is 23.1 Å². The van der Waals surface area contributed by atoms with Crippen molar-refractivity contribution in [3.05, 3.63) is 29.3 Å². The molecule has 0 saturated carbocycles. The van der Waals surface area contributed by atoms with Gasteiger partial charge in [0.1, 0.15) is 0 Å². The van der Waals surface area contributed by atoms with E-state index in [9.17, 15) is 23.1 Å². The van der Waals surface area contributed by atoms with Crippen LogP contribution in [0.4, 0.5) is 18.9 Å². The van der Waals surface area contributed by atoms with Gasteiger partial charge in [-0.15, -0.1) is 0 Å². The van der Waals surface area contributed by atoms with Crippen LogP contribution in [-0.4, -0.2) is 73.2 Å². The van der Waals surface area contributed by atoms with Crippen LogP contribution in [0.2, 0.25) is 0 Å². The van der Waals surface area contributed by atoms with E-state index in [0.717, 1.165) is 32.0 Å². The number of aliphatic hydroxyl groups is 1. The summed E-state index contributed by atoms with van der Waals surface area (Å²) in [5.74, 6) is 0.0935. The molecule has 1 aromatic rings. The lowest BCUT2D eigenvalue weighted by Gasteiger charge is -2.43. The maximum absolute atomic E-state index is 13.4. The molecule has 1 N–H and O–H groups in total. The van der Waals surface area contributed by atoms with E-state index >= 15 is 0 Å². The van der Waals surface area contributed by atoms with E-state index in [4.69, 9.17) is 5.26 Å². The molecule has 9 heteroatoms. The third-order valence-electron chi connectivity index (χ3n) is 8.00. The van der Waals surface area contributed by atoms with Gasteiger partial charge in [0, 0.05) is 44.4 Å². The number of likely N-dealkylation sites (tertiary alicyclic amines) is 2. The standard InChI is InChI=1S/C25H33F3N4O2/c26-25(27,28)22-13-21(6-5-19(22)14-29)31-11-7-24(8-12-31)18-32(15-20(24)17-33)23(34)16-30-9-3-1-2-4-10-30/h5-6,13,20,33H,1-4,7-12,15-18H2. The van der Waals surface area contributed by atoms with Gasteiger partial charge in [-0.25, -0.2) is 0 Å². The molecule has 1 atom stereocenters. The Morgan fingerprint density at radius 2 is 1.79 bits per heavy atom. The van der Waals surface area contributed by atoms with Crippen molar-refractivity contribution in [3.63, 3.8) is 0 Å². The van der Waals surface area contributed by atoms with Gasteiger partial charge in [-0.05, 0) is 62.4 Å². The number of nitrogens with zero attached hydrogens (tertiary/aromatic N) is 4. The van der Waals surface area contributed by atoms with Gasteiger partial charge in [0.15, 0.2) is 0 Å². The number of carbonyl (C=O) groups is 1. The minimum absolute atomic E-state index is 0.00256. The van der Waals surface area contributed by atoms with Gasteiger partial charge in [0.2, 0.25) is 5.91 Å². The Morgan fingerprint density at radius 3 is 2.38 bits per heavy atom. The largest absolute Gasteiger partial charge is 0.417 e. The molecular weight excluding hydrogens is 445 g/mol. The van der Waals surface area contributed by atoms with E-state index in [1.165, 1.54) is 18.9 Å². The topological polar surface area (TPSA) is 70.8 Å². The summed E-state index contributed by atoms with van der Waals surface area (Å²) < 4.78 is 40.2. The number of hydrogen-bond acceptors (Lipinski definition) is 5. The molecule has 3 fully saturated rings. The predicted molar refractivity (Wildman–Crippen MR) is 122 cm³/mol. The van der Waals surface area contributed by atoms with Gasteiger partial charge in [0.05, 0.1) is 23.7 Å². The van der Waals surface area contributed by atoms with Crippen LogP contribution < -0.4 is 4.90 Å². The molecule has 3 aliphatic rings. The lowest BCUT2D eigenvalue weighted by Crippen LogP contribution is -2.46. The molecule has 186 valence electrons. The Hall–Kier alpha value is -2.31. The van der Waals surface area contributed by atoms with E-state index in [-0.39, 0.29) is 29.4 Å². The maximum Gasteiger partial charge on any atom is 0.417 e. The number of piperidine rings is 1. The summed E-state index contributed by atoms with van der Waals surface area (Å²) in [6, 6.07) is 5.49. The summed E-state index contributed by atoms with van der Waals surface area (Å²) >= 11 is 0. The highest BCUT2D eigenvalue weighted by atomic mass is 19.4. The van der Waals surface area contributed by atoms with Crippen LogP contribution in [0.25, 0.3) is 0 Å². The normalized spacial score (nSPS) is 23.7. The van der Waals surface area contributed by atoms with Gasteiger partial charge in [-0.3, -0.25) is 9.69 Å². The van der Waals surface area contributed by atoms with Crippen LogP contribution in [-0.2, 0) is 11.0 Å². The first-order valence-electron chi connectivity index (χ1n) is 12.2. The molecule has 1 spiro atoms. The first-order valence-corrected chi connectivity index (χ1v) is 12.2. The number of benzene rings is 1. The molecule has 0 bridgehead atoms. The zero-order valence-corrected chi connectivity index (χ0v) is 19.5. The zero-order chi connectivity index (χ0) is 24.3. The molecule has 3 heterocycles. The summed E-state index contributed by atoms with van der Waals surface area (Å²) in [7, 11) is 0. The molecule has 0 aliphatic carbocycles. The van der Waals surface area contributed by atoms with Crippen molar-refractivity contribution in [2.45, 2.75) is 44.7 Å². The van der Waals surface area contributed by atoms with Crippen molar-refractivity contribution >= 4 is 11.6 Å². The van der Waals surface area contributed by atoms with E-state index < -0.39 is 11.7 Å². The van der Waals surface area contributed by atoms with Crippen LogP contribution in [0.15, 0.2) is 18.2 Å².